The molecule has 5 heterocycles. The third-order valence-electron chi connectivity index (χ3n) is 7.03. The van der Waals surface area contributed by atoms with Gasteiger partial charge in [-0.3, -0.25) is 14.6 Å². The van der Waals surface area contributed by atoms with Gasteiger partial charge in [-0.05, 0) is 43.6 Å². The number of nitrogens with zero attached hydrogens (tertiary/aromatic N) is 3. The van der Waals surface area contributed by atoms with E-state index in [-0.39, 0.29) is 11.8 Å². The predicted molar refractivity (Wildman–Crippen MR) is 122 cm³/mol. The van der Waals surface area contributed by atoms with E-state index in [2.05, 4.69) is 28.9 Å². The molecule has 0 spiro atoms. The fraction of sp³-hybridized carbons (Fsp3) is 0.462. The van der Waals surface area contributed by atoms with Gasteiger partial charge in [0.05, 0.1) is 5.69 Å². The summed E-state index contributed by atoms with van der Waals surface area (Å²) in [6, 6.07) is 13.9. The van der Waals surface area contributed by atoms with E-state index < -0.39 is 11.7 Å². The van der Waals surface area contributed by atoms with Gasteiger partial charge < -0.3 is 9.84 Å². The van der Waals surface area contributed by atoms with Crippen LogP contribution >= 0.6 is 0 Å². The molecule has 0 saturated carbocycles. The van der Waals surface area contributed by atoms with E-state index >= 15 is 0 Å². The zero-order valence-electron chi connectivity index (χ0n) is 18.5. The number of fused-ring (bicyclic) bond motifs is 3. The first-order valence-electron chi connectivity index (χ1n) is 11.4. The number of hydrogen-bond donors (Lipinski definition) is 1. The Morgan fingerprint density at radius 1 is 1.12 bits per heavy atom. The van der Waals surface area contributed by atoms with Gasteiger partial charge in [0.25, 0.3) is 5.91 Å². The average Bonchev–Trinajstić information content (AvgIpc) is 3.20. The van der Waals surface area contributed by atoms with Crippen molar-refractivity contribution >= 4 is 11.7 Å². The molecule has 6 heteroatoms. The minimum Gasteiger partial charge on any atom is -0.376 e. The monoisotopic (exact) mass is 431 g/mol. The van der Waals surface area contributed by atoms with Crippen LogP contribution in [-0.4, -0.2) is 65.9 Å². The molecule has 32 heavy (non-hydrogen) atoms. The quantitative estimate of drug-likeness (QED) is 0.752. The molecule has 1 N–H and O–H groups in total. The Labute approximate surface area is 189 Å². The van der Waals surface area contributed by atoms with Crippen molar-refractivity contribution < 1.29 is 14.6 Å². The summed E-state index contributed by atoms with van der Waals surface area (Å²) < 4.78 is 5.29. The minimum atomic E-state index is -0.963. The molecular weight excluding hydrogens is 402 g/mol. The number of carbonyl (C=O) groups is 1. The molecule has 2 aromatic rings. The largest absolute Gasteiger partial charge is 0.376 e. The average molecular weight is 432 g/mol. The summed E-state index contributed by atoms with van der Waals surface area (Å²) in [6.07, 6.45) is 2.87. The molecule has 6 nitrogen and oxygen atoms in total. The van der Waals surface area contributed by atoms with Gasteiger partial charge in [-0.25, -0.2) is 4.98 Å². The second-order valence-corrected chi connectivity index (χ2v) is 9.05. The first kappa shape index (κ1) is 21.1. The molecule has 2 bridgehead atoms. The van der Waals surface area contributed by atoms with Crippen LogP contribution in [0, 0.1) is 17.8 Å². The first-order chi connectivity index (χ1) is 15.6. The summed E-state index contributed by atoms with van der Waals surface area (Å²) in [5, 5.41) is 11.2. The number of pyridine rings is 1. The van der Waals surface area contributed by atoms with E-state index in [0.29, 0.717) is 31.7 Å². The third kappa shape index (κ3) is 4.04. The van der Waals surface area contributed by atoms with Crippen molar-refractivity contribution in [1.82, 2.24) is 9.88 Å². The van der Waals surface area contributed by atoms with Crippen LogP contribution in [0.4, 0.5) is 5.82 Å². The number of piperidine rings is 3. The molecule has 166 valence electrons. The summed E-state index contributed by atoms with van der Waals surface area (Å²) in [5.41, 5.74) is 1.79. The van der Waals surface area contributed by atoms with E-state index in [1.165, 1.54) is 0 Å². The van der Waals surface area contributed by atoms with Crippen LogP contribution in [-0.2, 0) is 16.0 Å². The van der Waals surface area contributed by atoms with Gasteiger partial charge in [0.15, 0.2) is 0 Å². The maximum Gasteiger partial charge on any atom is 0.257 e. The third-order valence-corrected chi connectivity index (χ3v) is 7.03. The molecule has 4 aliphatic heterocycles. The van der Waals surface area contributed by atoms with Crippen LogP contribution in [0.25, 0.3) is 0 Å². The molecule has 0 aliphatic carbocycles. The molecule has 4 aliphatic rings. The standard InChI is InChI=1S/C26H29N3O3/c1-32-23-12-16-29(25(23)30)24-8-7-20(22(27-24)17-19-5-3-2-4-6-19)9-13-26(31)18-28-14-10-21(26)11-15-28/h2-8,21,23,31H,10-12,14-18H2,1H3/t23-,26?/m0/s1. The molecule has 1 aromatic carbocycles. The van der Waals surface area contributed by atoms with Gasteiger partial charge in [0.2, 0.25) is 0 Å². The number of benzene rings is 1. The Balaban J connectivity index is 1.48. The van der Waals surface area contributed by atoms with E-state index in [0.717, 1.165) is 42.8 Å². The topological polar surface area (TPSA) is 65.9 Å². The minimum absolute atomic E-state index is 0.0499. The fourth-order valence-corrected chi connectivity index (χ4v) is 5.13. The molecule has 4 fully saturated rings. The number of methoxy groups -OCH3 is 1. The number of aliphatic hydroxyl groups is 1. The summed E-state index contributed by atoms with van der Waals surface area (Å²) in [5.74, 6) is 7.29. The van der Waals surface area contributed by atoms with E-state index in [4.69, 9.17) is 9.72 Å². The van der Waals surface area contributed by atoms with E-state index in [1.807, 2.05) is 30.3 Å². The van der Waals surface area contributed by atoms with Crippen LogP contribution in [0.3, 0.4) is 0 Å². The Kier molecular flexibility index (Phi) is 5.73. The second kappa shape index (κ2) is 8.67. The second-order valence-electron chi connectivity index (χ2n) is 9.05. The molecule has 2 atom stereocenters. The molecule has 1 amide bonds. The highest BCUT2D eigenvalue weighted by Gasteiger charge is 2.44. The van der Waals surface area contributed by atoms with Gasteiger partial charge in [0.1, 0.15) is 17.5 Å². The van der Waals surface area contributed by atoms with Crippen molar-refractivity contribution in [3.05, 3.63) is 59.3 Å². The lowest BCUT2D eigenvalue weighted by Gasteiger charge is -2.47. The smallest absolute Gasteiger partial charge is 0.257 e. The molecular formula is C26H29N3O3. The van der Waals surface area contributed by atoms with Crippen LogP contribution in [0.15, 0.2) is 42.5 Å². The summed E-state index contributed by atoms with van der Waals surface area (Å²) in [7, 11) is 1.57. The molecule has 4 saturated heterocycles. The van der Waals surface area contributed by atoms with E-state index in [9.17, 15) is 9.90 Å². The zero-order valence-corrected chi connectivity index (χ0v) is 18.5. The number of amides is 1. The van der Waals surface area contributed by atoms with Crippen LogP contribution < -0.4 is 4.90 Å². The first-order valence-corrected chi connectivity index (χ1v) is 11.4. The maximum atomic E-state index is 12.6. The molecule has 6 rings (SSSR count). The van der Waals surface area contributed by atoms with E-state index in [1.54, 1.807) is 12.0 Å². The Hall–Kier alpha value is -2.72. The summed E-state index contributed by atoms with van der Waals surface area (Å²) >= 11 is 0. The predicted octanol–water partition coefficient (Wildman–Crippen LogP) is 2.23. The highest BCUT2D eigenvalue weighted by atomic mass is 16.5. The summed E-state index contributed by atoms with van der Waals surface area (Å²) in [4.78, 5) is 21.5. The Bertz CT molecular complexity index is 1050. The number of hydrogen-bond acceptors (Lipinski definition) is 5. The normalized spacial score (nSPS) is 29.1. The number of anilines is 1. The fourth-order valence-electron chi connectivity index (χ4n) is 5.13. The number of ether oxygens (including phenoxy) is 1. The van der Waals surface area contributed by atoms with Crippen molar-refractivity contribution in [2.24, 2.45) is 5.92 Å². The number of carbonyl (C=O) groups excluding carboxylic acids is 1. The Morgan fingerprint density at radius 3 is 2.56 bits per heavy atom. The SMILES string of the molecule is CO[C@H]1CCN(c2ccc(C#CC3(O)CN4CCC3CC4)c(Cc3ccccc3)n2)C1=O. The van der Waals surface area contributed by atoms with Gasteiger partial charge >= 0.3 is 0 Å². The molecule has 0 radical (unpaired) electrons. The maximum absolute atomic E-state index is 12.6. The summed E-state index contributed by atoms with van der Waals surface area (Å²) in [6.45, 7) is 3.31. The lowest BCUT2D eigenvalue weighted by Crippen LogP contribution is -2.58. The molecule has 1 unspecified atom stereocenters. The highest BCUT2D eigenvalue weighted by molar-refractivity contribution is 5.98. The lowest BCUT2D eigenvalue weighted by molar-refractivity contribution is -0.125. The van der Waals surface area contributed by atoms with Gasteiger partial charge in [-0.1, -0.05) is 42.2 Å². The number of rotatable bonds is 4. The van der Waals surface area contributed by atoms with Gasteiger partial charge in [-0.2, -0.15) is 0 Å². The van der Waals surface area contributed by atoms with Crippen molar-refractivity contribution in [3.8, 4) is 11.8 Å². The van der Waals surface area contributed by atoms with Crippen molar-refractivity contribution in [2.75, 3.05) is 38.2 Å². The van der Waals surface area contributed by atoms with Crippen LogP contribution in [0.5, 0.6) is 0 Å². The lowest BCUT2D eigenvalue weighted by atomic mass is 9.75. The van der Waals surface area contributed by atoms with Crippen molar-refractivity contribution in [1.29, 1.82) is 0 Å². The highest BCUT2D eigenvalue weighted by Crippen LogP contribution is 2.35. The van der Waals surface area contributed by atoms with Gasteiger partial charge in [0, 0.05) is 44.5 Å². The zero-order chi connectivity index (χ0) is 22.1. The van der Waals surface area contributed by atoms with Crippen molar-refractivity contribution in [2.45, 2.75) is 37.4 Å². The van der Waals surface area contributed by atoms with Crippen LogP contribution in [0.1, 0.15) is 36.1 Å². The molecule has 1 aromatic heterocycles. The van der Waals surface area contributed by atoms with Crippen molar-refractivity contribution in [3.63, 3.8) is 0 Å². The van der Waals surface area contributed by atoms with Crippen LogP contribution in [0.2, 0.25) is 0 Å². The van der Waals surface area contributed by atoms with Gasteiger partial charge in [-0.15, -0.1) is 0 Å². The Morgan fingerprint density at radius 2 is 1.91 bits per heavy atom. The number of aromatic nitrogens is 1.